The summed E-state index contributed by atoms with van der Waals surface area (Å²) in [4.78, 5) is 10.5. The molecule has 0 radical (unpaired) electrons. The lowest BCUT2D eigenvalue weighted by molar-refractivity contribution is 0.477. The van der Waals surface area contributed by atoms with Crippen molar-refractivity contribution in [3.8, 4) is 61.9 Å². The van der Waals surface area contributed by atoms with Crippen LogP contribution >= 0.6 is 11.3 Å². The van der Waals surface area contributed by atoms with Crippen molar-refractivity contribution >= 4 is 53.1 Å². The van der Waals surface area contributed by atoms with E-state index in [1.54, 1.807) is 6.07 Å². The number of hydrogen-bond acceptors (Lipinski definition) is 4. The van der Waals surface area contributed by atoms with E-state index in [4.69, 9.17) is 9.97 Å². The highest BCUT2D eigenvalue weighted by Gasteiger charge is 2.23. The SMILES string of the molecule is CCC(C)(C)c1cc(-c2cc3sc4cccc5c6ccccc6c(c2)c3c45)cc(-c2nc(-c3cccc(-c4ccccc4)c3)cc(-c3ccccc3O)n2)c1. The number of benzene rings is 8. The molecule has 0 aliphatic rings. The Labute approximate surface area is 324 Å². The van der Waals surface area contributed by atoms with E-state index >= 15 is 0 Å². The highest BCUT2D eigenvalue weighted by molar-refractivity contribution is 7.26. The summed E-state index contributed by atoms with van der Waals surface area (Å²) in [5.41, 5.74) is 9.79. The Morgan fingerprint density at radius 3 is 1.93 bits per heavy atom. The molecule has 0 fully saturated rings. The van der Waals surface area contributed by atoms with Crippen LogP contribution in [0.5, 0.6) is 5.75 Å². The van der Waals surface area contributed by atoms with E-state index in [0.29, 0.717) is 17.1 Å². The molecule has 3 nitrogen and oxygen atoms in total. The summed E-state index contributed by atoms with van der Waals surface area (Å²) in [6.45, 7) is 6.88. The Kier molecular flexibility index (Phi) is 7.79. The summed E-state index contributed by atoms with van der Waals surface area (Å²) in [5.74, 6) is 0.807. The van der Waals surface area contributed by atoms with Gasteiger partial charge in [-0.15, -0.1) is 11.3 Å². The molecule has 0 atom stereocenters. The van der Waals surface area contributed by atoms with Gasteiger partial charge in [0.2, 0.25) is 0 Å². The van der Waals surface area contributed by atoms with Crippen LogP contribution in [0, 0.1) is 0 Å². The highest BCUT2D eigenvalue weighted by atomic mass is 32.1. The van der Waals surface area contributed by atoms with Crippen LogP contribution in [0.1, 0.15) is 32.8 Å². The van der Waals surface area contributed by atoms with Gasteiger partial charge in [-0.1, -0.05) is 124 Å². The number of fused-ring (bicyclic) bond motifs is 3. The van der Waals surface area contributed by atoms with Gasteiger partial charge in [0, 0.05) is 36.9 Å². The predicted molar refractivity (Wildman–Crippen MR) is 233 cm³/mol. The molecule has 10 rings (SSSR count). The molecule has 0 saturated heterocycles. The molecule has 0 saturated carbocycles. The summed E-state index contributed by atoms with van der Waals surface area (Å²) in [6, 6.07) is 55.5. The molecule has 55 heavy (non-hydrogen) atoms. The van der Waals surface area contributed by atoms with Crippen molar-refractivity contribution in [3.05, 3.63) is 163 Å². The standard InChI is InChI=1S/C51H38N2OS/c1-4-51(2,3)37-26-34(35-28-42-39-19-9-8-18-38(39)40-21-13-23-46-48(40)49(42)47(29-35)55-46)25-36(27-37)50-52-43(30-44(53-50)41-20-10-11-22-45(41)54)33-17-12-16-32(24-33)31-14-6-5-7-15-31/h5-30,54H,4H2,1-3H3. The van der Waals surface area contributed by atoms with Crippen LogP contribution in [0.25, 0.3) is 97.9 Å². The zero-order chi connectivity index (χ0) is 37.3. The molecule has 2 heterocycles. The summed E-state index contributed by atoms with van der Waals surface area (Å²) in [6.07, 6.45) is 0.975. The molecule has 4 heteroatoms. The monoisotopic (exact) mass is 726 g/mol. The van der Waals surface area contributed by atoms with Crippen LogP contribution < -0.4 is 0 Å². The van der Waals surface area contributed by atoms with Gasteiger partial charge in [0.25, 0.3) is 0 Å². The molecule has 0 aliphatic carbocycles. The van der Waals surface area contributed by atoms with Gasteiger partial charge in [-0.25, -0.2) is 9.97 Å². The maximum atomic E-state index is 11.1. The largest absolute Gasteiger partial charge is 0.507 e. The minimum Gasteiger partial charge on any atom is -0.507 e. The number of phenolic OH excluding ortho intramolecular Hbond substituents is 1. The minimum atomic E-state index is -0.0929. The Balaban J connectivity index is 1.21. The summed E-state index contributed by atoms with van der Waals surface area (Å²) in [5, 5.41) is 18.9. The van der Waals surface area contributed by atoms with Crippen molar-refractivity contribution < 1.29 is 5.11 Å². The fourth-order valence-corrected chi connectivity index (χ4v) is 9.26. The van der Waals surface area contributed by atoms with Crippen molar-refractivity contribution in [1.29, 1.82) is 0 Å². The fraction of sp³-hybridized carbons (Fsp3) is 0.0980. The molecular formula is C51H38N2OS. The van der Waals surface area contributed by atoms with Gasteiger partial charge in [0.1, 0.15) is 5.75 Å². The predicted octanol–water partition coefficient (Wildman–Crippen LogP) is 14.3. The second-order valence-corrected chi connectivity index (χ2v) is 16.3. The third kappa shape index (κ3) is 5.64. The maximum Gasteiger partial charge on any atom is 0.160 e. The van der Waals surface area contributed by atoms with Gasteiger partial charge in [-0.05, 0) is 116 Å². The van der Waals surface area contributed by atoms with E-state index in [2.05, 4.69) is 142 Å². The number of aromatic hydroxyl groups is 1. The van der Waals surface area contributed by atoms with E-state index in [-0.39, 0.29) is 11.2 Å². The second kappa shape index (κ2) is 12.9. The van der Waals surface area contributed by atoms with Gasteiger partial charge in [-0.2, -0.15) is 0 Å². The Hall–Kier alpha value is -6.36. The molecule has 1 N–H and O–H groups in total. The van der Waals surface area contributed by atoms with E-state index in [1.807, 2.05) is 41.7 Å². The molecule has 0 unspecified atom stereocenters. The first-order valence-electron chi connectivity index (χ1n) is 18.9. The van der Waals surface area contributed by atoms with Crippen molar-refractivity contribution in [1.82, 2.24) is 9.97 Å². The van der Waals surface area contributed by atoms with Crippen LogP contribution in [-0.4, -0.2) is 15.1 Å². The molecule has 8 aromatic carbocycles. The number of aromatic nitrogens is 2. The van der Waals surface area contributed by atoms with Crippen molar-refractivity contribution in [3.63, 3.8) is 0 Å². The lowest BCUT2D eigenvalue weighted by Crippen LogP contribution is -2.15. The summed E-state index contributed by atoms with van der Waals surface area (Å²) < 4.78 is 2.62. The molecule has 0 amide bonds. The second-order valence-electron chi connectivity index (χ2n) is 15.2. The molecule has 0 bridgehead atoms. The Bertz CT molecular complexity index is 3070. The number of phenols is 1. The third-order valence-corrected chi connectivity index (χ3v) is 12.6. The first-order valence-corrected chi connectivity index (χ1v) is 19.7. The van der Waals surface area contributed by atoms with Crippen LogP contribution in [0.2, 0.25) is 0 Å². The van der Waals surface area contributed by atoms with Gasteiger partial charge in [0.05, 0.1) is 11.4 Å². The van der Waals surface area contributed by atoms with Crippen LogP contribution in [0.3, 0.4) is 0 Å². The highest BCUT2D eigenvalue weighted by Crippen LogP contribution is 2.47. The van der Waals surface area contributed by atoms with Gasteiger partial charge < -0.3 is 5.11 Å². The topological polar surface area (TPSA) is 46.0 Å². The smallest absolute Gasteiger partial charge is 0.160 e. The van der Waals surface area contributed by atoms with E-state index in [9.17, 15) is 5.11 Å². The molecule has 264 valence electrons. The molecule has 0 spiro atoms. The molecular weight excluding hydrogens is 689 g/mol. The number of para-hydroxylation sites is 1. The first-order chi connectivity index (χ1) is 26.8. The molecule has 2 aromatic heterocycles. The molecule has 10 aromatic rings. The van der Waals surface area contributed by atoms with E-state index in [0.717, 1.165) is 39.9 Å². The Morgan fingerprint density at radius 2 is 1.11 bits per heavy atom. The maximum absolute atomic E-state index is 11.1. The van der Waals surface area contributed by atoms with Crippen molar-refractivity contribution in [2.75, 3.05) is 0 Å². The van der Waals surface area contributed by atoms with Crippen molar-refractivity contribution in [2.24, 2.45) is 0 Å². The van der Waals surface area contributed by atoms with Gasteiger partial charge >= 0.3 is 0 Å². The minimum absolute atomic E-state index is 0.0929. The third-order valence-electron chi connectivity index (χ3n) is 11.5. The zero-order valence-corrected chi connectivity index (χ0v) is 31.8. The van der Waals surface area contributed by atoms with Crippen molar-refractivity contribution in [2.45, 2.75) is 32.6 Å². The first kappa shape index (κ1) is 33.2. The normalized spacial score (nSPS) is 12.1. The number of hydrogen-bond donors (Lipinski definition) is 1. The zero-order valence-electron chi connectivity index (χ0n) is 31.0. The molecule has 0 aliphatic heterocycles. The quantitative estimate of drug-likeness (QED) is 0.166. The number of thiophene rings is 1. The summed E-state index contributed by atoms with van der Waals surface area (Å²) >= 11 is 1.88. The van der Waals surface area contributed by atoms with Crippen LogP contribution in [-0.2, 0) is 5.41 Å². The number of rotatable bonds is 7. The van der Waals surface area contributed by atoms with Crippen LogP contribution in [0.4, 0.5) is 0 Å². The average Bonchev–Trinajstić information content (AvgIpc) is 3.62. The van der Waals surface area contributed by atoms with E-state index < -0.39 is 0 Å². The lowest BCUT2D eigenvalue weighted by atomic mass is 9.80. The fourth-order valence-electron chi connectivity index (χ4n) is 8.06. The summed E-state index contributed by atoms with van der Waals surface area (Å²) in [7, 11) is 0. The average molecular weight is 727 g/mol. The van der Waals surface area contributed by atoms with Crippen LogP contribution in [0.15, 0.2) is 158 Å². The Morgan fingerprint density at radius 1 is 0.491 bits per heavy atom. The number of nitrogens with zero attached hydrogens (tertiary/aromatic N) is 2. The lowest BCUT2D eigenvalue weighted by Gasteiger charge is -2.25. The van der Waals surface area contributed by atoms with Gasteiger partial charge in [-0.3, -0.25) is 0 Å². The van der Waals surface area contributed by atoms with E-state index in [1.165, 1.54) is 52.8 Å². The van der Waals surface area contributed by atoms with Gasteiger partial charge in [0.15, 0.2) is 5.82 Å².